The molecule has 3 heteroatoms. The summed E-state index contributed by atoms with van der Waals surface area (Å²) in [6.07, 6.45) is 4.90. The van der Waals surface area contributed by atoms with Gasteiger partial charge in [0.25, 0.3) is 0 Å². The summed E-state index contributed by atoms with van der Waals surface area (Å²) in [5.41, 5.74) is 2.20. The first-order valence-corrected chi connectivity index (χ1v) is 7.58. The molecule has 2 N–H and O–H groups in total. The van der Waals surface area contributed by atoms with Crippen molar-refractivity contribution in [2.75, 3.05) is 5.32 Å². The van der Waals surface area contributed by atoms with Gasteiger partial charge < -0.3 is 10.4 Å². The Bertz CT molecular complexity index is 474. The van der Waals surface area contributed by atoms with Crippen LogP contribution in [0.4, 0.5) is 5.69 Å². The minimum Gasteiger partial charge on any atom is -0.478 e. The number of carboxylic acid groups (broad SMARTS) is 1. The number of hydrogen-bond acceptors (Lipinski definition) is 2. The fourth-order valence-corrected chi connectivity index (χ4v) is 3.17. The smallest absolute Gasteiger partial charge is 0.336 e. The molecule has 0 unspecified atom stereocenters. The zero-order valence-corrected chi connectivity index (χ0v) is 12.6. The minimum absolute atomic E-state index is 0.394. The second-order valence-electron chi connectivity index (χ2n) is 6.28. The third kappa shape index (κ3) is 3.33. The van der Waals surface area contributed by atoms with Crippen molar-refractivity contribution in [2.24, 2.45) is 11.8 Å². The van der Waals surface area contributed by atoms with E-state index in [0.29, 0.717) is 11.6 Å². The fraction of sp³-hybridized carbons (Fsp3) is 0.588. The lowest BCUT2D eigenvalue weighted by molar-refractivity contribution is 0.0696. The van der Waals surface area contributed by atoms with Crippen molar-refractivity contribution in [3.8, 4) is 0 Å². The van der Waals surface area contributed by atoms with Crippen LogP contribution in [0.15, 0.2) is 18.2 Å². The summed E-state index contributed by atoms with van der Waals surface area (Å²) in [6.45, 7) is 6.49. The highest BCUT2D eigenvalue weighted by Crippen LogP contribution is 2.32. The molecule has 0 saturated heterocycles. The maximum atomic E-state index is 11.2. The minimum atomic E-state index is -0.852. The van der Waals surface area contributed by atoms with Crippen LogP contribution in [0.1, 0.15) is 55.5 Å². The summed E-state index contributed by atoms with van der Waals surface area (Å²) in [4.78, 5) is 11.2. The summed E-state index contributed by atoms with van der Waals surface area (Å²) in [5, 5.41) is 12.7. The van der Waals surface area contributed by atoms with E-state index in [1.807, 2.05) is 19.1 Å². The first kappa shape index (κ1) is 14.9. The van der Waals surface area contributed by atoms with Crippen molar-refractivity contribution in [1.82, 2.24) is 0 Å². The molecule has 1 fully saturated rings. The first-order valence-electron chi connectivity index (χ1n) is 7.58. The van der Waals surface area contributed by atoms with E-state index in [1.165, 1.54) is 25.7 Å². The van der Waals surface area contributed by atoms with Gasteiger partial charge in [-0.15, -0.1) is 0 Å². The van der Waals surface area contributed by atoms with Gasteiger partial charge in [0.2, 0.25) is 0 Å². The zero-order chi connectivity index (χ0) is 14.7. The van der Waals surface area contributed by atoms with Crippen molar-refractivity contribution >= 4 is 11.7 Å². The topological polar surface area (TPSA) is 49.3 Å². The second-order valence-corrected chi connectivity index (χ2v) is 6.28. The van der Waals surface area contributed by atoms with Crippen LogP contribution in [0.3, 0.4) is 0 Å². The molecule has 0 spiro atoms. The van der Waals surface area contributed by atoms with Gasteiger partial charge in [0, 0.05) is 11.7 Å². The van der Waals surface area contributed by atoms with Crippen LogP contribution in [0.5, 0.6) is 0 Å². The number of rotatable bonds is 4. The molecule has 1 saturated carbocycles. The normalized spacial score (nSPS) is 22.8. The monoisotopic (exact) mass is 275 g/mol. The lowest BCUT2D eigenvalue weighted by Crippen LogP contribution is -2.28. The molecule has 1 aromatic rings. The lowest BCUT2D eigenvalue weighted by atomic mass is 9.79. The molecule has 0 radical (unpaired) electrons. The van der Waals surface area contributed by atoms with E-state index < -0.39 is 5.97 Å². The Labute approximate surface area is 121 Å². The van der Waals surface area contributed by atoms with Crippen LogP contribution >= 0.6 is 0 Å². The molecule has 0 heterocycles. The van der Waals surface area contributed by atoms with Crippen LogP contribution in [0.25, 0.3) is 0 Å². The van der Waals surface area contributed by atoms with E-state index in [0.717, 1.165) is 23.1 Å². The average Bonchev–Trinajstić information content (AvgIpc) is 2.41. The van der Waals surface area contributed by atoms with Gasteiger partial charge in [0.15, 0.2) is 0 Å². The van der Waals surface area contributed by atoms with Gasteiger partial charge in [-0.05, 0) is 62.1 Å². The lowest BCUT2D eigenvalue weighted by Gasteiger charge is -2.32. The van der Waals surface area contributed by atoms with Gasteiger partial charge in [-0.1, -0.05) is 19.9 Å². The highest BCUT2D eigenvalue weighted by Gasteiger charge is 2.23. The SMILES string of the molecule is Cc1c(NC2CCC(C(C)C)CC2)cccc1C(=O)O. The van der Waals surface area contributed by atoms with E-state index in [-0.39, 0.29) is 0 Å². The predicted molar refractivity (Wildman–Crippen MR) is 82.3 cm³/mol. The molecule has 1 aliphatic rings. The van der Waals surface area contributed by atoms with E-state index in [4.69, 9.17) is 5.11 Å². The molecule has 0 atom stereocenters. The van der Waals surface area contributed by atoms with Crippen molar-refractivity contribution < 1.29 is 9.90 Å². The van der Waals surface area contributed by atoms with Crippen LogP contribution in [-0.2, 0) is 0 Å². The maximum Gasteiger partial charge on any atom is 0.336 e. The third-order valence-corrected chi connectivity index (χ3v) is 4.64. The number of aromatic carboxylic acids is 1. The van der Waals surface area contributed by atoms with Gasteiger partial charge >= 0.3 is 5.97 Å². The zero-order valence-electron chi connectivity index (χ0n) is 12.6. The molecule has 0 aromatic heterocycles. The standard InChI is InChI=1S/C17H25NO2/c1-11(2)13-7-9-14(10-8-13)18-16-6-4-5-15(12(16)3)17(19)20/h4-6,11,13-14,18H,7-10H2,1-3H3,(H,19,20). The largest absolute Gasteiger partial charge is 0.478 e. The van der Waals surface area contributed by atoms with Gasteiger partial charge in [-0.2, -0.15) is 0 Å². The number of carbonyl (C=O) groups is 1. The molecule has 0 aliphatic heterocycles. The number of anilines is 1. The van der Waals surface area contributed by atoms with Crippen LogP contribution in [0.2, 0.25) is 0 Å². The van der Waals surface area contributed by atoms with E-state index in [9.17, 15) is 4.79 Å². The number of benzene rings is 1. The molecule has 2 rings (SSSR count). The summed E-state index contributed by atoms with van der Waals surface area (Å²) in [5.74, 6) is 0.766. The Morgan fingerprint density at radius 2 is 1.90 bits per heavy atom. The van der Waals surface area contributed by atoms with E-state index in [1.54, 1.807) is 6.07 Å². The van der Waals surface area contributed by atoms with Crippen molar-refractivity contribution in [3.63, 3.8) is 0 Å². The summed E-state index contributed by atoms with van der Waals surface area (Å²) in [7, 11) is 0. The molecule has 1 aliphatic carbocycles. The third-order valence-electron chi connectivity index (χ3n) is 4.64. The van der Waals surface area contributed by atoms with Crippen LogP contribution < -0.4 is 5.32 Å². The quantitative estimate of drug-likeness (QED) is 0.860. The molecular formula is C17H25NO2. The first-order chi connectivity index (χ1) is 9.49. The van der Waals surface area contributed by atoms with E-state index >= 15 is 0 Å². The predicted octanol–water partition coefficient (Wildman–Crippen LogP) is 4.32. The van der Waals surface area contributed by atoms with Gasteiger partial charge in [-0.25, -0.2) is 4.79 Å². The second kappa shape index (κ2) is 6.29. The fourth-order valence-electron chi connectivity index (χ4n) is 3.17. The van der Waals surface area contributed by atoms with E-state index in [2.05, 4.69) is 19.2 Å². The average molecular weight is 275 g/mol. The maximum absolute atomic E-state index is 11.2. The van der Waals surface area contributed by atoms with Gasteiger partial charge in [0.1, 0.15) is 0 Å². The Balaban J connectivity index is 2.01. The summed E-state index contributed by atoms with van der Waals surface area (Å²) in [6, 6.07) is 5.95. The van der Waals surface area contributed by atoms with Crippen LogP contribution in [0, 0.1) is 18.8 Å². The summed E-state index contributed by atoms with van der Waals surface area (Å²) < 4.78 is 0. The molecular weight excluding hydrogens is 250 g/mol. The van der Waals surface area contributed by atoms with Crippen molar-refractivity contribution in [3.05, 3.63) is 29.3 Å². The van der Waals surface area contributed by atoms with Crippen LogP contribution in [-0.4, -0.2) is 17.1 Å². The number of nitrogens with one attached hydrogen (secondary N) is 1. The Hall–Kier alpha value is -1.51. The van der Waals surface area contributed by atoms with Crippen molar-refractivity contribution in [2.45, 2.75) is 52.5 Å². The molecule has 3 nitrogen and oxygen atoms in total. The highest BCUT2D eigenvalue weighted by molar-refractivity contribution is 5.91. The van der Waals surface area contributed by atoms with Gasteiger partial charge in [-0.3, -0.25) is 0 Å². The highest BCUT2D eigenvalue weighted by atomic mass is 16.4. The molecule has 1 aromatic carbocycles. The molecule has 20 heavy (non-hydrogen) atoms. The number of hydrogen-bond donors (Lipinski definition) is 2. The van der Waals surface area contributed by atoms with Crippen molar-refractivity contribution in [1.29, 1.82) is 0 Å². The Morgan fingerprint density at radius 3 is 2.45 bits per heavy atom. The summed E-state index contributed by atoms with van der Waals surface area (Å²) >= 11 is 0. The number of carboxylic acids is 1. The molecule has 0 bridgehead atoms. The Morgan fingerprint density at radius 1 is 1.25 bits per heavy atom. The Kier molecular flexibility index (Phi) is 4.69. The molecule has 110 valence electrons. The van der Waals surface area contributed by atoms with Gasteiger partial charge in [0.05, 0.1) is 5.56 Å². The molecule has 0 amide bonds.